The number of hydrogen-bond donors (Lipinski definition) is 2. The fraction of sp³-hybridized carbons (Fsp3) is 0.211. The monoisotopic (exact) mass is 406 g/mol. The number of nitrogens with two attached hydrogens (primary N) is 1. The Balaban J connectivity index is 1.69. The van der Waals surface area contributed by atoms with Crippen LogP contribution in [0.25, 0.3) is 0 Å². The topological polar surface area (TPSA) is 103 Å². The van der Waals surface area contributed by atoms with E-state index in [1.807, 2.05) is 0 Å². The molecule has 1 aromatic carbocycles. The molecule has 0 spiro atoms. The van der Waals surface area contributed by atoms with Crippen LogP contribution in [0.3, 0.4) is 0 Å². The molecule has 1 atom stereocenters. The second kappa shape index (κ2) is 8.21. The standard InChI is InChI=1S/C19H17F3N4O3/c20-19(21,22)29-14-4-1-12(2-5-14)9-26-10-16(25-11-26)15(18(27)28)7-13-3-6-17(23)24-8-13/h1-6,8,10-11,15H,7,9H2,(H2,23,24)(H,27,28). The minimum Gasteiger partial charge on any atom is -0.481 e. The van der Waals surface area contributed by atoms with E-state index in [1.54, 1.807) is 22.9 Å². The van der Waals surface area contributed by atoms with Gasteiger partial charge in [-0.1, -0.05) is 18.2 Å². The third kappa shape index (κ3) is 5.71. The van der Waals surface area contributed by atoms with E-state index in [4.69, 9.17) is 5.73 Å². The molecule has 7 nitrogen and oxygen atoms in total. The van der Waals surface area contributed by atoms with Gasteiger partial charge < -0.3 is 20.1 Å². The molecular weight excluding hydrogens is 389 g/mol. The van der Waals surface area contributed by atoms with Gasteiger partial charge in [-0.15, -0.1) is 13.2 Å². The molecule has 152 valence electrons. The third-order valence-electron chi connectivity index (χ3n) is 4.12. The van der Waals surface area contributed by atoms with Crippen LogP contribution in [-0.2, 0) is 17.8 Å². The van der Waals surface area contributed by atoms with Gasteiger partial charge in [0.15, 0.2) is 0 Å². The van der Waals surface area contributed by atoms with Crippen molar-refractivity contribution in [3.8, 4) is 5.75 Å². The van der Waals surface area contributed by atoms with Gasteiger partial charge in [0.25, 0.3) is 0 Å². The maximum Gasteiger partial charge on any atom is 0.573 e. The molecule has 3 aromatic rings. The van der Waals surface area contributed by atoms with Crippen molar-refractivity contribution >= 4 is 11.8 Å². The maximum atomic E-state index is 12.2. The predicted molar refractivity (Wildman–Crippen MR) is 97.2 cm³/mol. The highest BCUT2D eigenvalue weighted by Crippen LogP contribution is 2.24. The third-order valence-corrected chi connectivity index (χ3v) is 4.12. The molecule has 29 heavy (non-hydrogen) atoms. The van der Waals surface area contributed by atoms with E-state index in [0.717, 1.165) is 0 Å². The summed E-state index contributed by atoms with van der Waals surface area (Å²) in [5.41, 5.74) is 7.32. The fourth-order valence-electron chi connectivity index (χ4n) is 2.76. The number of carboxylic acids is 1. The van der Waals surface area contributed by atoms with E-state index in [9.17, 15) is 23.1 Å². The molecule has 3 N–H and O–H groups in total. The Kier molecular flexibility index (Phi) is 5.71. The average Bonchev–Trinajstić information content (AvgIpc) is 3.09. The number of carbonyl (C=O) groups is 1. The molecule has 3 rings (SSSR count). The first-order valence-electron chi connectivity index (χ1n) is 8.49. The number of aromatic nitrogens is 3. The first kappa shape index (κ1) is 20.2. The van der Waals surface area contributed by atoms with Gasteiger partial charge >= 0.3 is 12.3 Å². The largest absolute Gasteiger partial charge is 0.573 e. The Morgan fingerprint density at radius 2 is 1.83 bits per heavy atom. The van der Waals surface area contributed by atoms with Crippen LogP contribution in [0.15, 0.2) is 55.1 Å². The zero-order chi connectivity index (χ0) is 21.0. The number of ether oxygens (including phenoxy) is 1. The number of nitrogens with zero attached hydrogens (tertiary/aromatic N) is 3. The van der Waals surface area contributed by atoms with Crippen LogP contribution >= 0.6 is 0 Å². The normalized spacial score (nSPS) is 12.5. The summed E-state index contributed by atoms with van der Waals surface area (Å²) >= 11 is 0. The quantitative estimate of drug-likeness (QED) is 0.625. The lowest BCUT2D eigenvalue weighted by atomic mass is 9.98. The number of alkyl halides is 3. The van der Waals surface area contributed by atoms with Gasteiger partial charge in [-0.2, -0.15) is 0 Å². The van der Waals surface area contributed by atoms with Crippen LogP contribution in [0.2, 0.25) is 0 Å². The summed E-state index contributed by atoms with van der Waals surface area (Å²) in [6, 6.07) is 8.73. The van der Waals surface area contributed by atoms with Crippen molar-refractivity contribution in [1.82, 2.24) is 14.5 Å². The number of halogens is 3. The van der Waals surface area contributed by atoms with Crippen molar-refractivity contribution in [2.75, 3.05) is 5.73 Å². The summed E-state index contributed by atoms with van der Waals surface area (Å²) < 4.78 is 42.1. The zero-order valence-electron chi connectivity index (χ0n) is 15.0. The number of hydrogen-bond acceptors (Lipinski definition) is 5. The molecule has 0 saturated carbocycles. The highest BCUT2D eigenvalue weighted by atomic mass is 19.4. The van der Waals surface area contributed by atoms with Crippen molar-refractivity contribution in [2.45, 2.75) is 25.2 Å². The number of aliphatic carboxylic acids is 1. The second-order valence-electron chi connectivity index (χ2n) is 6.35. The molecule has 1 unspecified atom stereocenters. The zero-order valence-corrected chi connectivity index (χ0v) is 15.0. The van der Waals surface area contributed by atoms with E-state index in [-0.39, 0.29) is 12.2 Å². The van der Waals surface area contributed by atoms with Crippen LogP contribution < -0.4 is 10.5 Å². The smallest absolute Gasteiger partial charge is 0.481 e. The molecular formula is C19H17F3N4O3. The van der Waals surface area contributed by atoms with Gasteiger partial charge in [-0.25, -0.2) is 9.97 Å². The number of rotatable bonds is 7. The van der Waals surface area contributed by atoms with E-state index in [0.29, 0.717) is 29.2 Å². The van der Waals surface area contributed by atoms with Crippen LogP contribution in [0.4, 0.5) is 19.0 Å². The van der Waals surface area contributed by atoms with Crippen LogP contribution in [0, 0.1) is 0 Å². The minimum atomic E-state index is -4.74. The van der Waals surface area contributed by atoms with E-state index < -0.39 is 18.2 Å². The summed E-state index contributed by atoms with van der Waals surface area (Å²) in [4.78, 5) is 19.8. The van der Waals surface area contributed by atoms with Crippen LogP contribution in [-0.4, -0.2) is 32.0 Å². The maximum absolute atomic E-state index is 12.2. The van der Waals surface area contributed by atoms with Gasteiger partial charge in [0.2, 0.25) is 0 Å². The molecule has 10 heteroatoms. The highest BCUT2D eigenvalue weighted by molar-refractivity contribution is 5.75. The molecule has 0 radical (unpaired) electrons. The molecule has 2 heterocycles. The Bertz CT molecular complexity index is 970. The fourth-order valence-corrected chi connectivity index (χ4v) is 2.76. The van der Waals surface area contributed by atoms with Crippen molar-refractivity contribution in [1.29, 1.82) is 0 Å². The van der Waals surface area contributed by atoms with Crippen LogP contribution in [0.5, 0.6) is 5.75 Å². The summed E-state index contributed by atoms with van der Waals surface area (Å²) in [5.74, 6) is -1.86. The molecule has 0 bridgehead atoms. The van der Waals surface area contributed by atoms with E-state index >= 15 is 0 Å². The van der Waals surface area contributed by atoms with Crippen molar-refractivity contribution in [2.24, 2.45) is 0 Å². The molecule has 0 aliphatic carbocycles. The summed E-state index contributed by atoms with van der Waals surface area (Å²) in [6.07, 6.45) is 0.0544. The average molecular weight is 406 g/mol. The van der Waals surface area contributed by atoms with Gasteiger partial charge in [-0.05, 0) is 35.7 Å². The molecule has 0 aliphatic rings. The van der Waals surface area contributed by atoms with Crippen molar-refractivity contribution in [3.05, 3.63) is 71.9 Å². The molecule has 0 saturated heterocycles. The Labute approximate surface area is 163 Å². The van der Waals surface area contributed by atoms with Crippen LogP contribution in [0.1, 0.15) is 22.7 Å². The lowest BCUT2D eigenvalue weighted by molar-refractivity contribution is -0.274. The van der Waals surface area contributed by atoms with Gasteiger partial charge in [0, 0.05) is 18.9 Å². The minimum absolute atomic E-state index is 0.198. The summed E-state index contributed by atoms with van der Waals surface area (Å²) in [6.45, 7) is 0.315. The number of benzene rings is 1. The Morgan fingerprint density at radius 1 is 1.14 bits per heavy atom. The Morgan fingerprint density at radius 3 is 2.41 bits per heavy atom. The summed E-state index contributed by atoms with van der Waals surface area (Å²) in [7, 11) is 0. The number of pyridine rings is 1. The predicted octanol–water partition coefficient (Wildman–Crippen LogP) is 3.22. The molecule has 2 aromatic heterocycles. The SMILES string of the molecule is Nc1ccc(CC(C(=O)O)c2cn(Cc3ccc(OC(F)(F)F)cc3)cn2)cn1. The number of nitrogen functional groups attached to an aromatic ring is 1. The first-order chi connectivity index (χ1) is 13.7. The van der Waals surface area contributed by atoms with Gasteiger partial charge in [0.1, 0.15) is 17.5 Å². The van der Waals surface area contributed by atoms with E-state index in [2.05, 4.69) is 14.7 Å². The highest BCUT2D eigenvalue weighted by Gasteiger charge is 2.31. The first-order valence-corrected chi connectivity index (χ1v) is 8.49. The Hall–Kier alpha value is -3.56. The molecule has 0 fully saturated rings. The van der Waals surface area contributed by atoms with E-state index in [1.165, 1.54) is 36.8 Å². The summed E-state index contributed by atoms with van der Waals surface area (Å²) in [5, 5.41) is 9.56. The molecule has 0 amide bonds. The number of imidazole rings is 1. The lowest BCUT2D eigenvalue weighted by Crippen LogP contribution is -2.17. The lowest BCUT2D eigenvalue weighted by Gasteiger charge is -2.10. The van der Waals surface area contributed by atoms with Gasteiger partial charge in [-0.3, -0.25) is 4.79 Å². The number of anilines is 1. The number of carboxylic acid groups (broad SMARTS) is 1. The van der Waals surface area contributed by atoms with Crippen molar-refractivity contribution < 1.29 is 27.8 Å². The van der Waals surface area contributed by atoms with Crippen molar-refractivity contribution in [3.63, 3.8) is 0 Å². The second-order valence-corrected chi connectivity index (χ2v) is 6.35. The van der Waals surface area contributed by atoms with Gasteiger partial charge in [0.05, 0.1) is 12.0 Å². The molecule has 0 aliphatic heterocycles.